The van der Waals surface area contributed by atoms with Gasteiger partial charge in [-0.05, 0) is 12.0 Å². The van der Waals surface area contributed by atoms with E-state index in [1.54, 1.807) is 6.07 Å². The van der Waals surface area contributed by atoms with E-state index >= 15 is 0 Å². The molecule has 0 aliphatic carbocycles. The second-order valence-corrected chi connectivity index (χ2v) is 7.61. The van der Waals surface area contributed by atoms with Crippen molar-refractivity contribution < 1.29 is 26.4 Å². The number of amides is 1. The van der Waals surface area contributed by atoms with Crippen LogP contribution in [0.25, 0.3) is 0 Å². The number of alkyl halides is 3. The minimum absolute atomic E-state index is 0.0178. The molecule has 1 aromatic carbocycles. The number of benzene rings is 1. The molecule has 1 heterocycles. The van der Waals surface area contributed by atoms with Crippen LogP contribution in [0.5, 0.6) is 0 Å². The van der Waals surface area contributed by atoms with Crippen LogP contribution < -0.4 is 5.32 Å². The number of nitrogens with one attached hydrogen (secondary N) is 1. The summed E-state index contributed by atoms with van der Waals surface area (Å²) < 4.78 is 62.0. The first kappa shape index (κ1) is 16.8. The van der Waals surface area contributed by atoms with E-state index in [0.29, 0.717) is 0 Å². The van der Waals surface area contributed by atoms with Crippen LogP contribution >= 0.6 is 0 Å². The Morgan fingerprint density at radius 1 is 1.27 bits per heavy atom. The predicted octanol–water partition coefficient (Wildman–Crippen LogP) is 2.03. The Hall–Kier alpha value is -1.57. The molecule has 2 atom stereocenters. The number of halogens is 3. The fourth-order valence-corrected chi connectivity index (χ4v) is 4.16. The van der Waals surface area contributed by atoms with Crippen molar-refractivity contribution in [2.75, 3.05) is 11.5 Å². The van der Waals surface area contributed by atoms with Gasteiger partial charge in [0, 0.05) is 12.5 Å². The summed E-state index contributed by atoms with van der Waals surface area (Å²) in [7, 11) is -3.19. The van der Waals surface area contributed by atoms with Gasteiger partial charge in [0.2, 0.25) is 5.91 Å². The van der Waals surface area contributed by atoms with Gasteiger partial charge in [0.1, 0.15) is 0 Å². The van der Waals surface area contributed by atoms with Crippen molar-refractivity contribution in [2.24, 2.45) is 0 Å². The highest BCUT2D eigenvalue weighted by molar-refractivity contribution is 7.91. The monoisotopic (exact) mass is 335 g/mol. The zero-order valence-electron chi connectivity index (χ0n) is 11.6. The highest BCUT2D eigenvalue weighted by Gasteiger charge is 2.42. The molecule has 1 aromatic rings. The van der Waals surface area contributed by atoms with Crippen LogP contribution in [0.4, 0.5) is 13.2 Å². The van der Waals surface area contributed by atoms with Crippen LogP contribution in [0.2, 0.25) is 0 Å². The number of carbonyl (C=O) groups is 1. The molecule has 1 saturated heterocycles. The smallest absolute Gasteiger partial charge is 0.352 e. The van der Waals surface area contributed by atoms with Gasteiger partial charge in [-0.25, -0.2) is 8.42 Å². The summed E-state index contributed by atoms with van der Waals surface area (Å²) in [5, 5.41) is 2.39. The van der Waals surface area contributed by atoms with Crippen LogP contribution in [0.1, 0.15) is 24.3 Å². The molecule has 0 saturated carbocycles. The lowest BCUT2D eigenvalue weighted by Gasteiger charge is -2.21. The third-order valence-electron chi connectivity index (χ3n) is 3.58. The molecule has 0 bridgehead atoms. The maximum Gasteiger partial charge on any atom is 0.396 e. The number of hydrogen-bond acceptors (Lipinski definition) is 3. The van der Waals surface area contributed by atoms with E-state index in [0.717, 1.165) is 0 Å². The molecule has 2 rings (SSSR count). The molecule has 1 amide bonds. The van der Waals surface area contributed by atoms with Gasteiger partial charge < -0.3 is 5.32 Å². The molecule has 122 valence electrons. The number of sulfone groups is 1. The lowest BCUT2D eigenvalue weighted by atomic mass is 9.94. The van der Waals surface area contributed by atoms with E-state index in [-0.39, 0.29) is 23.5 Å². The molecule has 1 aliphatic rings. The topological polar surface area (TPSA) is 63.2 Å². The number of carbonyl (C=O) groups excluding carboxylic acids is 1. The second-order valence-electron chi connectivity index (χ2n) is 5.38. The third kappa shape index (κ3) is 4.46. The van der Waals surface area contributed by atoms with Crippen molar-refractivity contribution in [1.29, 1.82) is 0 Å². The Kier molecular flexibility index (Phi) is 4.79. The highest BCUT2D eigenvalue weighted by Crippen LogP contribution is 2.37. The van der Waals surface area contributed by atoms with Gasteiger partial charge in [-0.15, -0.1) is 0 Å². The van der Waals surface area contributed by atoms with Crippen LogP contribution in [0.15, 0.2) is 30.3 Å². The van der Waals surface area contributed by atoms with Crippen molar-refractivity contribution in [3.8, 4) is 0 Å². The fourth-order valence-electron chi connectivity index (χ4n) is 2.49. The summed E-state index contributed by atoms with van der Waals surface area (Å²) in [6, 6.07) is 6.62. The van der Waals surface area contributed by atoms with E-state index in [1.165, 1.54) is 24.3 Å². The minimum atomic E-state index is -4.54. The van der Waals surface area contributed by atoms with Crippen molar-refractivity contribution in [1.82, 2.24) is 5.32 Å². The average molecular weight is 335 g/mol. The maximum atomic E-state index is 13.1. The first-order chi connectivity index (χ1) is 10.2. The zero-order valence-corrected chi connectivity index (χ0v) is 12.5. The number of hydrogen-bond donors (Lipinski definition) is 1. The molecule has 8 heteroatoms. The standard InChI is InChI=1S/C14H16F3NO3S/c15-14(16,17)12(10-4-2-1-3-5-10)8-13(19)18-11-6-7-22(20,21)9-11/h1-5,11-12H,6-9H2,(H,18,19)/t11-,12-/m0/s1. The Bertz CT molecular complexity index is 628. The van der Waals surface area contributed by atoms with Crippen molar-refractivity contribution >= 4 is 15.7 Å². The summed E-state index contributed by atoms with van der Waals surface area (Å²) in [5.74, 6) is -2.93. The van der Waals surface area contributed by atoms with E-state index in [4.69, 9.17) is 0 Å². The molecule has 0 spiro atoms. The molecular weight excluding hydrogens is 319 g/mol. The van der Waals surface area contributed by atoms with E-state index in [9.17, 15) is 26.4 Å². The summed E-state index contributed by atoms with van der Waals surface area (Å²) >= 11 is 0. The van der Waals surface area contributed by atoms with Gasteiger partial charge in [0.25, 0.3) is 0 Å². The highest BCUT2D eigenvalue weighted by atomic mass is 32.2. The first-order valence-corrected chi connectivity index (χ1v) is 8.61. The van der Waals surface area contributed by atoms with Crippen LogP contribution in [-0.2, 0) is 14.6 Å². The van der Waals surface area contributed by atoms with Gasteiger partial charge in [-0.3, -0.25) is 4.79 Å². The predicted molar refractivity (Wildman–Crippen MR) is 75.1 cm³/mol. The summed E-state index contributed by atoms with van der Waals surface area (Å²) in [4.78, 5) is 11.8. The Morgan fingerprint density at radius 2 is 1.91 bits per heavy atom. The Balaban J connectivity index is 2.04. The van der Waals surface area contributed by atoms with Crippen molar-refractivity contribution in [3.05, 3.63) is 35.9 Å². The van der Waals surface area contributed by atoms with Crippen molar-refractivity contribution in [2.45, 2.75) is 31.0 Å². The van der Waals surface area contributed by atoms with Crippen LogP contribution in [-0.4, -0.2) is 38.0 Å². The molecule has 1 N–H and O–H groups in total. The summed E-state index contributed by atoms with van der Waals surface area (Å²) in [5.41, 5.74) is 0.0178. The lowest BCUT2D eigenvalue weighted by Crippen LogP contribution is -2.38. The molecule has 0 unspecified atom stereocenters. The van der Waals surface area contributed by atoms with Gasteiger partial charge >= 0.3 is 6.18 Å². The molecule has 1 aliphatic heterocycles. The minimum Gasteiger partial charge on any atom is -0.352 e. The Morgan fingerprint density at radius 3 is 2.41 bits per heavy atom. The number of rotatable bonds is 4. The van der Waals surface area contributed by atoms with E-state index < -0.39 is 40.3 Å². The van der Waals surface area contributed by atoms with Crippen LogP contribution in [0.3, 0.4) is 0 Å². The van der Waals surface area contributed by atoms with E-state index in [1.807, 2.05) is 0 Å². The summed E-state index contributed by atoms with van der Waals surface area (Å²) in [6.07, 6.45) is -5.04. The fraction of sp³-hybridized carbons (Fsp3) is 0.500. The molecule has 0 radical (unpaired) electrons. The average Bonchev–Trinajstić information content (AvgIpc) is 2.75. The maximum absolute atomic E-state index is 13.1. The SMILES string of the molecule is O=C(C[C@@H](c1ccccc1)C(F)(F)F)N[C@H]1CCS(=O)(=O)C1. The quantitative estimate of drug-likeness (QED) is 0.916. The summed E-state index contributed by atoms with van der Waals surface area (Å²) in [6.45, 7) is 0. The van der Waals surface area contributed by atoms with Gasteiger partial charge in [-0.1, -0.05) is 30.3 Å². The zero-order chi connectivity index (χ0) is 16.4. The molecule has 22 heavy (non-hydrogen) atoms. The van der Waals surface area contributed by atoms with Gasteiger partial charge in [0.15, 0.2) is 9.84 Å². The van der Waals surface area contributed by atoms with Crippen molar-refractivity contribution in [3.63, 3.8) is 0 Å². The normalized spacial score (nSPS) is 22.2. The molecule has 0 aromatic heterocycles. The van der Waals surface area contributed by atoms with E-state index in [2.05, 4.69) is 5.32 Å². The molecule has 4 nitrogen and oxygen atoms in total. The van der Waals surface area contributed by atoms with Gasteiger partial charge in [-0.2, -0.15) is 13.2 Å². The van der Waals surface area contributed by atoms with Gasteiger partial charge in [0.05, 0.1) is 17.4 Å². The third-order valence-corrected chi connectivity index (χ3v) is 5.35. The van der Waals surface area contributed by atoms with Crippen LogP contribution in [0, 0.1) is 0 Å². The largest absolute Gasteiger partial charge is 0.396 e. The second kappa shape index (κ2) is 6.28. The molecular formula is C14H16F3NO3S. The Labute approximate surface area is 126 Å². The molecule has 1 fully saturated rings. The lowest BCUT2D eigenvalue weighted by molar-refractivity contribution is -0.157. The first-order valence-electron chi connectivity index (χ1n) is 6.79.